The molecule has 0 spiro atoms. The average molecular weight is 271 g/mol. The van der Waals surface area contributed by atoms with E-state index in [0.29, 0.717) is 5.75 Å². The van der Waals surface area contributed by atoms with Gasteiger partial charge in [-0.25, -0.2) is 4.98 Å². The van der Waals surface area contributed by atoms with Gasteiger partial charge in [-0.2, -0.15) is 0 Å². The zero-order valence-electron chi connectivity index (χ0n) is 10.2. The topological polar surface area (TPSA) is 46.3 Å². The third-order valence-corrected chi connectivity index (χ3v) is 3.92. The molecule has 0 aliphatic rings. The number of rotatable bonds is 4. The lowest BCUT2D eigenvalue weighted by Crippen LogP contribution is -1.93. The number of fused-ring (bicyclic) bond motifs is 1. The van der Waals surface area contributed by atoms with E-state index in [2.05, 4.69) is 4.98 Å². The fraction of sp³-hybridized carbons (Fsp3) is 0.133. The minimum Gasteiger partial charge on any atom is -0.468 e. The van der Waals surface area contributed by atoms with Crippen molar-refractivity contribution in [2.75, 3.05) is 0 Å². The number of hydrogen-bond donors (Lipinski definition) is 1. The maximum atomic E-state index is 9.46. The Bertz CT molecular complexity index is 680. The van der Waals surface area contributed by atoms with Crippen LogP contribution in [-0.4, -0.2) is 10.1 Å². The Labute approximate surface area is 115 Å². The molecule has 0 saturated carbocycles. The van der Waals surface area contributed by atoms with Crippen LogP contribution in [0.1, 0.15) is 11.3 Å². The molecule has 2 aromatic heterocycles. The normalized spacial score (nSPS) is 11.0. The zero-order valence-corrected chi connectivity index (χ0v) is 11.1. The Hall–Kier alpha value is -1.78. The summed E-state index contributed by atoms with van der Waals surface area (Å²) in [4.78, 5) is 4.61. The highest BCUT2D eigenvalue weighted by Crippen LogP contribution is 2.27. The summed E-state index contributed by atoms with van der Waals surface area (Å²) in [6, 6.07) is 13.7. The Morgan fingerprint density at radius 1 is 1.16 bits per heavy atom. The summed E-state index contributed by atoms with van der Waals surface area (Å²) in [6.45, 7) is -0.00166. The van der Waals surface area contributed by atoms with Crippen molar-refractivity contribution in [3.63, 3.8) is 0 Å². The lowest BCUT2D eigenvalue weighted by atomic mass is 10.2. The molecule has 1 aromatic carbocycles. The number of aliphatic hydroxyl groups excluding tert-OH is 1. The lowest BCUT2D eigenvalue weighted by molar-refractivity contribution is 0.278. The first-order valence-electron chi connectivity index (χ1n) is 6.01. The summed E-state index contributed by atoms with van der Waals surface area (Å²) < 4.78 is 5.31. The van der Waals surface area contributed by atoms with E-state index in [1.165, 1.54) is 0 Å². The van der Waals surface area contributed by atoms with Crippen molar-refractivity contribution in [3.05, 3.63) is 60.1 Å². The van der Waals surface area contributed by atoms with E-state index < -0.39 is 0 Å². The van der Waals surface area contributed by atoms with E-state index in [1.807, 2.05) is 42.5 Å². The van der Waals surface area contributed by atoms with E-state index in [1.54, 1.807) is 18.0 Å². The minimum absolute atomic E-state index is 0.00166. The molecule has 0 saturated heterocycles. The summed E-state index contributed by atoms with van der Waals surface area (Å²) in [5.41, 5.74) is 1.80. The van der Waals surface area contributed by atoms with Crippen LogP contribution in [0.2, 0.25) is 0 Å². The van der Waals surface area contributed by atoms with Gasteiger partial charge in [-0.05, 0) is 24.3 Å². The fourth-order valence-electron chi connectivity index (χ4n) is 1.91. The summed E-state index contributed by atoms with van der Waals surface area (Å²) in [5.74, 6) is 1.62. The van der Waals surface area contributed by atoms with Crippen LogP contribution in [0.5, 0.6) is 0 Å². The molecule has 3 nitrogen and oxygen atoms in total. The SMILES string of the molecule is OCc1cc2ccccc2nc1SCc1ccco1. The smallest absolute Gasteiger partial charge is 0.114 e. The maximum Gasteiger partial charge on any atom is 0.114 e. The molecule has 0 unspecified atom stereocenters. The predicted molar refractivity (Wildman–Crippen MR) is 75.9 cm³/mol. The van der Waals surface area contributed by atoms with Crippen molar-refractivity contribution in [1.29, 1.82) is 0 Å². The van der Waals surface area contributed by atoms with Crippen LogP contribution in [0.4, 0.5) is 0 Å². The van der Waals surface area contributed by atoms with Gasteiger partial charge in [-0.15, -0.1) is 0 Å². The highest BCUT2D eigenvalue weighted by atomic mass is 32.2. The largest absolute Gasteiger partial charge is 0.468 e. The molecular formula is C15H13NO2S. The van der Waals surface area contributed by atoms with Crippen molar-refractivity contribution < 1.29 is 9.52 Å². The quantitative estimate of drug-likeness (QED) is 0.736. The number of aromatic nitrogens is 1. The molecule has 1 N–H and O–H groups in total. The van der Waals surface area contributed by atoms with E-state index in [9.17, 15) is 5.11 Å². The Kier molecular flexibility index (Phi) is 3.53. The van der Waals surface area contributed by atoms with Crippen LogP contribution in [0, 0.1) is 0 Å². The van der Waals surface area contributed by atoms with Crippen LogP contribution in [0.3, 0.4) is 0 Å². The molecule has 19 heavy (non-hydrogen) atoms. The van der Waals surface area contributed by atoms with Crippen molar-refractivity contribution >= 4 is 22.7 Å². The van der Waals surface area contributed by atoms with Crippen molar-refractivity contribution in [1.82, 2.24) is 4.98 Å². The first kappa shape index (κ1) is 12.3. The molecule has 0 amide bonds. The van der Waals surface area contributed by atoms with Crippen molar-refractivity contribution in [3.8, 4) is 0 Å². The number of furan rings is 1. The van der Waals surface area contributed by atoms with Gasteiger partial charge in [0.25, 0.3) is 0 Å². The molecule has 0 aliphatic carbocycles. The van der Waals surface area contributed by atoms with E-state index >= 15 is 0 Å². The van der Waals surface area contributed by atoms with Crippen LogP contribution >= 0.6 is 11.8 Å². The zero-order chi connectivity index (χ0) is 13.1. The highest BCUT2D eigenvalue weighted by Gasteiger charge is 2.08. The molecule has 0 radical (unpaired) electrons. The van der Waals surface area contributed by atoms with Crippen LogP contribution in [0.25, 0.3) is 10.9 Å². The fourth-order valence-corrected chi connectivity index (χ4v) is 2.83. The standard InChI is InChI=1S/C15H13NO2S/c17-9-12-8-11-4-1-2-6-14(11)16-15(12)19-10-13-5-3-7-18-13/h1-8,17H,9-10H2. The van der Waals surface area contributed by atoms with E-state index in [4.69, 9.17) is 4.42 Å². The number of benzene rings is 1. The first-order chi connectivity index (χ1) is 9.36. The number of thioether (sulfide) groups is 1. The molecule has 3 aromatic rings. The first-order valence-corrected chi connectivity index (χ1v) is 7.00. The molecule has 2 heterocycles. The lowest BCUT2D eigenvalue weighted by Gasteiger charge is -2.07. The average Bonchev–Trinajstić information content (AvgIpc) is 2.97. The number of pyridine rings is 1. The third-order valence-electron chi connectivity index (χ3n) is 2.86. The molecule has 0 bridgehead atoms. The van der Waals surface area contributed by atoms with Crippen molar-refractivity contribution in [2.45, 2.75) is 17.4 Å². The molecule has 96 valence electrons. The molecule has 0 fully saturated rings. The summed E-state index contributed by atoms with van der Waals surface area (Å²) >= 11 is 1.58. The summed E-state index contributed by atoms with van der Waals surface area (Å²) in [7, 11) is 0. The van der Waals surface area contributed by atoms with Crippen LogP contribution in [0.15, 0.2) is 58.2 Å². The van der Waals surface area contributed by atoms with E-state index in [-0.39, 0.29) is 6.61 Å². The molecule has 4 heteroatoms. The van der Waals surface area contributed by atoms with Gasteiger partial charge in [0.15, 0.2) is 0 Å². The number of hydrogen-bond acceptors (Lipinski definition) is 4. The summed E-state index contributed by atoms with van der Waals surface area (Å²) in [5, 5.41) is 11.4. The second kappa shape index (κ2) is 5.47. The van der Waals surface area contributed by atoms with Crippen molar-refractivity contribution in [2.24, 2.45) is 0 Å². The highest BCUT2D eigenvalue weighted by molar-refractivity contribution is 7.98. The number of para-hydroxylation sites is 1. The van der Waals surface area contributed by atoms with Gasteiger partial charge >= 0.3 is 0 Å². The van der Waals surface area contributed by atoms with Gasteiger partial charge in [0.05, 0.1) is 24.1 Å². The Balaban J connectivity index is 1.92. The van der Waals surface area contributed by atoms with E-state index in [0.717, 1.165) is 27.3 Å². The second-order valence-corrected chi connectivity index (χ2v) is 5.14. The molecular weight excluding hydrogens is 258 g/mol. The number of nitrogens with zero attached hydrogens (tertiary/aromatic N) is 1. The monoisotopic (exact) mass is 271 g/mol. The molecule has 0 atom stereocenters. The van der Waals surface area contributed by atoms with Gasteiger partial charge in [0.1, 0.15) is 10.8 Å². The minimum atomic E-state index is -0.00166. The number of aliphatic hydroxyl groups is 1. The Morgan fingerprint density at radius 3 is 2.84 bits per heavy atom. The van der Waals surface area contributed by atoms with Crippen LogP contribution < -0.4 is 0 Å². The van der Waals surface area contributed by atoms with Crippen LogP contribution in [-0.2, 0) is 12.4 Å². The van der Waals surface area contributed by atoms with Gasteiger partial charge in [-0.3, -0.25) is 0 Å². The maximum absolute atomic E-state index is 9.46. The van der Waals surface area contributed by atoms with Gasteiger partial charge in [0.2, 0.25) is 0 Å². The predicted octanol–water partition coefficient (Wildman–Crippen LogP) is 3.61. The Morgan fingerprint density at radius 2 is 2.05 bits per heavy atom. The second-order valence-electron chi connectivity index (χ2n) is 4.17. The molecule has 3 rings (SSSR count). The molecule has 0 aliphatic heterocycles. The summed E-state index contributed by atoms with van der Waals surface area (Å²) in [6.07, 6.45) is 1.66. The van der Waals surface area contributed by atoms with Gasteiger partial charge < -0.3 is 9.52 Å². The third kappa shape index (κ3) is 2.64. The van der Waals surface area contributed by atoms with Gasteiger partial charge in [-0.1, -0.05) is 30.0 Å². The van der Waals surface area contributed by atoms with Gasteiger partial charge in [0, 0.05) is 10.9 Å².